The van der Waals surface area contributed by atoms with Crippen LogP contribution in [-0.2, 0) is 4.74 Å². The maximum Gasteiger partial charge on any atom is 0.270 e. The lowest BCUT2D eigenvalue weighted by molar-refractivity contribution is 0.0437. The summed E-state index contributed by atoms with van der Waals surface area (Å²) in [6.45, 7) is 6.71. The first-order valence-corrected chi connectivity index (χ1v) is 9.85. The second kappa shape index (κ2) is 7.31. The molecule has 1 amide bonds. The molecule has 0 aliphatic carbocycles. The molecule has 0 radical (unpaired) electrons. The van der Waals surface area contributed by atoms with E-state index in [1.807, 2.05) is 30.5 Å². The van der Waals surface area contributed by atoms with Crippen molar-refractivity contribution in [2.45, 2.75) is 52.2 Å². The molecule has 0 aromatic carbocycles. The highest BCUT2D eigenvalue weighted by Crippen LogP contribution is 2.27. The minimum atomic E-state index is 0.00222. The molecular weight excluding hydrogens is 324 g/mol. The Morgan fingerprint density at radius 3 is 2.67 bits per heavy atom. The van der Waals surface area contributed by atoms with E-state index < -0.39 is 0 Å². The number of amides is 1. The van der Waals surface area contributed by atoms with E-state index in [0.717, 1.165) is 48.6 Å². The average molecular weight is 350 g/mol. The summed E-state index contributed by atoms with van der Waals surface area (Å²) in [7, 11) is 0. The molecule has 132 valence electrons. The predicted molar refractivity (Wildman–Crippen MR) is 96.0 cm³/mol. The molecule has 2 fully saturated rings. The Morgan fingerprint density at radius 2 is 2.12 bits per heavy atom. The molecule has 1 aromatic rings. The predicted octanol–water partition coefficient (Wildman–Crippen LogP) is 2.96. The first-order chi connectivity index (χ1) is 11.5. The summed E-state index contributed by atoms with van der Waals surface area (Å²) < 4.78 is 5.76. The van der Waals surface area contributed by atoms with Crippen molar-refractivity contribution in [3.63, 3.8) is 0 Å². The summed E-state index contributed by atoms with van der Waals surface area (Å²) in [4.78, 5) is 30.3. The van der Waals surface area contributed by atoms with E-state index in [0.29, 0.717) is 17.8 Å². The Morgan fingerprint density at radius 1 is 1.33 bits per heavy atom. The minimum absolute atomic E-state index is 0.00222. The third kappa shape index (κ3) is 3.40. The van der Waals surface area contributed by atoms with Crippen LogP contribution in [0.5, 0.6) is 0 Å². The number of ketones is 1. The van der Waals surface area contributed by atoms with Crippen LogP contribution in [0.25, 0.3) is 0 Å². The number of thioether (sulfide) groups is 1. The van der Waals surface area contributed by atoms with E-state index >= 15 is 0 Å². The number of ether oxygens (including phenoxy) is 1. The number of aromatic amines is 1. The molecule has 2 atom stereocenters. The number of Topliss-reactive ketones (excluding diaryl/α,β-unsaturated/α-hetero) is 1. The number of hydrogen-bond acceptors (Lipinski definition) is 4. The Balaban J connectivity index is 1.87. The van der Waals surface area contributed by atoms with Gasteiger partial charge in [0.1, 0.15) is 5.69 Å². The van der Waals surface area contributed by atoms with Gasteiger partial charge in [0.05, 0.1) is 6.10 Å². The van der Waals surface area contributed by atoms with Gasteiger partial charge < -0.3 is 14.6 Å². The Kier molecular flexibility index (Phi) is 5.35. The second-order valence-electron chi connectivity index (χ2n) is 6.79. The Hall–Kier alpha value is -1.27. The van der Waals surface area contributed by atoms with Gasteiger partial charge in [-0.1, -0.05) is 0 Å². The highest BCUT2D eigenvalue weighted by molar-refractivity contribution is 7.99. The molecule has 0 unspecified atom stereocenters. The van der Waals surface area contributed by atoms with Crippen molar-refractivity contribution in [1.29, 1.82) is 0 Å². The van der Waals surface area contributed by atoms with Crippen LogP contribution in [-0.4, -0.2) is 58.4 Å². The second-order valence-corrected chi connectivity index (χ2v) is 7.94. The van der Waals surface area contributed by atoms with Crippen molar-refractivity contribution in [2.24, 2.45) is 0 Å². The fourth-order valence-corrected chi connectivity index (χ4v) is 5.03. The van der Waals surface area contributed by atoms with Crippen molar-refractivity contribution in [2.75, 3.05) is 24.7 Å². The van der Waals surface area contributed by atoms with Gasteiger partial charge in [-0.25, -0.2) is 0 Å². The summed E-state index contributed by atoms with van der Waals surface area (Å²) in [5.74, 6) is 2.09. The number of aryl methyl sites for hydroxylation is 1. The van der Waals surface area contributed by atoms with Crippen molar-refractivity contribution in [3.8, 4) is 0 Å². The van der Waals surface area contributed by atoms with Crippen LogP contribution >= 0.6 is 11.8 Å². The van der Waals surface area contributed by atoms with Crippen LogP contribution in [0.4, 0.5) is 0 Å². The third-order valence-electron chi connectivity index (χ3n) is 5.04. The quantitative estimate of drug-likeness (QED) is 0.830. The topological polar surface area (TPSA) is 62.4 Å². The lowest BCUT2D eigenvalue weighted by Gasteiger charge is -2.30. The van der Waals surface area contributed by atoms with Gasteiger partial charge in [-0.15, -0.1) is 0 Å². The zero-order chi connectivity index (χ0) is 17.3. The molecule has 0 spiro atoms. The molecule has 2 aliphatic heterocycles. The summed E-state index contributed by atoms with van der Waals surface area (Å²) >= 11 is 1.90. The minimum Gasteiger partial charge on any atom is -0.376 e. The molecule has 0 saturated carbocycles. The number of nitrogens with zero attached hydrogens (tertiary/aromatic N) is 1. The molecule has 6 heteroatoms. The van der Waals surface area contributed by atoms with Crippen LogP contribution in [0.3, 0.4) is 0 Å². The number of carbonyl (C=O) groups excluding carboxylic acids is 2. The van der Waals surface area contributed by atoms with E-state index in [9.17, 15) is 9.59 Å². The van der Waals surface area contributed by atoms with Gasteiger partial charge >= 0.3 is 0 Å². The van der Waals surface area contributed by atoms with Gasteiger partial charge in [0.2, 0.25) is 0 Å². The zero-order valence-electron chi connectivity index (χ0n) is 14.7. The molecular formula is C18H26N2O3S. The largest absolute Gasteiger partial charge is 0.376 e. The van der Waals surface area contributed by atoms with Crippen molar-refractivity contribution in [1.82, 2.24) is 9.88 Å². The number of carbonyl (C=O) groups is 2. The molecule has 1 N–H and O–H groups in total. The van der Waals surface area contributed by atoms with Gasteiger partial charge in [0, 0.05) is 36.2 Å². The van der Waals surface area contributed by atoms with E-state index in [4.69, 9.17) is 4.74 Å². The molecule has 1 aromatic heterocycles. The molecule has 2 aliphatic rings. The van der Waals surface area contributed by atoms with Gasteiger partial charge in [0.25, 0.3) is 5.91 Å². The number of H-pyrrole nitrogens is 1. The van der Waals surface area contributed by atoms with E-state index in [1.54, 1.807) is 6.92 Å². The lowest BCUT2D eigenvalue weighted by atomic mass is 10.1. The van der Waals surface area contributed by atoms with Crippen molar-refractivity contribution >= 4 is 23.5 Å². The Labute approximate surface area is 147 Å². The SMILES string of the molecule is CC(=O)c1c(C)[nH]c(C(=O)N(C[C@H]2CCCO2)[C@@H]2CCSC2)c1C. The molecule has 5 nitrogen and oxygen atoms in total. The number of hydrogen-bond donors (Lipinski definition) is 1. The van der Waals surface area contributed by atoms with Crippen LogP contribution in [0, 0.1) is 13.8 Å². The standard InChI is InChI=1S/C18H26N2O3S/c1-11-16(13(3)21)12(2)19-17(11)18(22)20(14-6-8-24-10-14)9-15-5-4-7-23-15/h14-15,19H,4-10H2,1-3H3/t14-,15-/m1/s1. The molecule has 3 rings (SSSR count). The van der Waals surface area contributed by atoms with Gasteiger partial charge in [-0.2, -0.15) is 11.8 Å². The fourth-order valence-electron chi connectivity index (χ4n) is 3.81. The summed E-state index contributed by atoms with van der Waals surface area (Å²) in [6, 6.07) is 0.260. The van der Waals surface area contributed by atoms with Gasteiger partial charge in [0.15, 0.2) is 5.78 Å². The zero-order valence-corrected chi connectivity index (χ0v) is 15.5. The van der Waals surface area contributed by atoms with Gasteiger partial charge in [-0.3, -0.25) is 9.59 Å². The van der Waals surface area contributed by atoms with Crippen molar-refractivity contribution in [3.05, 3.63) is 22.5 Å². The van der Waals surface area contributed by atoms with Gasteiger partial charge in [-0.05, 0) is 51.3 Å². The lowest BCUT2D eigenvalue weighted by Crippen LogP contribution is -2.45. The highest BCUT2D eigenvalue weighted by Gasteiger charge is 2.33. The summed E-state index contributed by atoms with van der Waals surface area (Å²) in [6.07, 6.45) is 3.26. The van der Waals surface area contributed by atoms with Crippen molar-refractivity contribution < 1.29 is 14.3 Å². The normalized spacial score (nSPS) is 23.6. The number of nitrogens with one attached hydrogen (secondary N) is 1. The maximum absolute atomic E-state index is 13.2. The number of rotatable bonds is 5. The molecule has 3 heterocycles. The maximum atomic E-state index is 13.2. The van der Waals surface area contributed by atoms with Crippen LogP contribution in [0.15, 0.2) is 0 Å². The monoisotopic (exact) mass is 350 g/mol. The first-order valence-electron chi connectivity index (χ1n) is 8.69. The number of aromatic nitrogens is 1. The van der Waals surface area contributed by atoms with E-state index in [1.165, 1.54) is 0 Å². The molecule has 24 heavy (non-hydrogen) atoms. The van der Waals surface area contributed by atoms with Crippen LogP contribution in [0.2, 0.25) is 0 Å². The van der Waals surface area contributed by atoms with E-state index in [-0.39, 0.29) is 23.8 Å². The molecule has 2 saturated heterocycles. The van der Waals surface area contributed by atoms with Crippen LogP contribution in [0.1, 0.15) is 58.3 Å². The molecule has 0 bridgehead atoms. The average Bonchev–Trinajstić information content (AvgIpc) is 3.25. The fraction of sp³-hybridized carbons (Fsp3) is 0.667. The Bertz CT molecular complexity index is 628. The first kappa shape index (κ1) is 17.5. The summed E-state index contributed by atoms with van der Waals surface area (Å²) in [5.41, 5.74) is 2.76. The van der Waals surface area contributed by atoms with E-state index in [2.05, 4.69) is 4.98 Å². The third-order valence-corrected chi connectivity index (χ3v) is 6.18. The van der Waals surface area contributed by atoms with Crippen LogP contribution < -0.4 is 0 Å². The smallest absolute Gasteiger partial charge is 0.270 e. The highest BCUT2D eigenvalue weighted by atomic mass is 32.2. The summed E-state index contributed by atoms with van der Waals surface area (Å²) in [5, 5.41) is 0.